The highest BCUT2D eigenvalue weighted by atomic mass is 16.6. The first-order chi connectivity index (χ1) is 7.43. The van der Waals surface area contributed by atoms with Gasteiger partial charge in [0.25, 0.3) is 0 Å². The molecule has 0 heterocycles. The maximum absolute atomic E-state index is 11.6. The van der Waals surface area contributed by atoms with E-state index in [2.05, 4.69) is 0 Å². The van der Waals surface area contributed by atoms with Gasteiger partial charge in [-0.2, -0.15) is 0 Å². The van der Waals surface area contributed by atoms with Crippen LogP contribution in [0.1, 0.15) is 48.0 Å². The zero-order valence-corrected chi connectivity index (χ0v) is 12.2. The largest absolute Gasteiger partial charge is 0.444 e. The van der Waals surface area contributed by atoms with E-state index in [0.717, 1.165) is 0 Å². The Hall–Kier alpha value is -0.770. The topological polar surface area (TPSA) is 49.8 Å². The zero-order chi connectivity index (χ0) is 13.9. The quantitative estimate of drug-likeness (QED) is 0.831. The predicted molar refractivity (Wildman–Crippen MR) is 68.9 cm³/mol. The summed E-state index contributed by atoms with van der Waals surface area (Å²) in [6, 6.07) is 0. The number of aliphatic hydroxyl groups excluding tert-OH is 1. The molecule has 102 valence electrons. The Morgan fingerprint density at radius 2 is 1.71 bits per heavy atom. The number of hydrogen-bond acceptors (Lipinski definition) is 3. The summed E-state index contributed by atoms with van der Waals surface area (Å²) < 4.78 is 5.22. The van der Waals surface area contributed by atoms with Crippen molar-refractivity contribution >= 4 is 6.09 Å². The highest BCUT2D eigenvalue weighted by molar-refractivity contribution is 5.67. The molecule has 0 aliphatic carbocycles. The lowest BCUT2D eigenvalue weighted by molar-refractivity contribution is 0.0192. The van der Waals surface area contributed by atoms with Crippen LogP contribution < -0.4 is 0 Å². The first-order valence-electron chi connectivity index (χ1n) is 6.05. The van der Waals surface area contributed by atoms with Crippen molar-refractivity contribution in [3.8, 4) is 0 Å². The van der Waals surface area contributed by atoms with Gasteiger partial charge in [0, 0.05) is 13.6 Å². The normalized spacial score (nSPS) is 14.4. The number of hydrogen-bond donors (Lipinski definition) is 1. The standard InChI is InChI=1S/C13H27NO3/c1-12(2,3)10(15)8-9-14(7)11(16)17-13(4,5)6/h10,15H,8-9H2,1-7H3. The zero-order valence-electron chi connectivity index (χ0n) is 12.2. The number of carbonyl (C=O) groups is 1. The molecule has 0 aromatic rings. The average molecular weight is 245 g/mol. The van der Waals surface area contributed by atoms with Crippen LogP contribution in [0.5, 0.6) is 0 Å². The van der Waals surface area contributed by atoms with Crippen molar-refractivity contribution in [1.29, 1.82) is 0 Å². The van der Waals surface area contributed by atoms with Crippen molar-refractivity contribution in [2.75, 3.05) is 13.6 Å². The lowest BCUT2D eigenvalue weighted by atomic mass is 9.87. The molecule has 0 fully saturated rings. The summed E-state index contributed by atoms with van der Waals surface area (Å²) in [5.41, 5.74) is -0.636. The Morgan fingerprint density at radius 3 is 2.06 bits per heavy atom. The summed E-state index contributed by atoms with van der Waals surface area (Å²) in [6.45, 7) is 11.9. The summed E-state index contributed by atoms with van der Waals surface area (Å²) in [5.74, 6) is 0. The number of aliphatic hydroxyl groups is 1. The minimum Gasteiger partial charge on any atom is -0.444 e. The van der Waals surface area contributed by atoms with E-state index in [0.29, 0.717) is 13.0 Å². The van der Waals surface area contributed by atoms with Gasteiger partial charge in [-0.15, -0.1) is 0 Å². The van der Waals surface area contributed by atoms with Crippen molar-refractivity contribution in [1.82, 2.24) is 4.90 Å². The summed E-state index contributed by atoms with van der Waals surface area (Å²) in [7, 11) is 1.68. The molecule has 0 saturated carbocycles. The van der Waals surface area contributed by atoms with E-state index in [1.54, 1.807) is 7.05 Å². The fraction of sp³-hybridized carbons (Fsp3) is 0.923. The number of nitrogens with zero attached hydrogens (tertiary/aromatic N) is 1. The molecule has 0 aliphatic heterocycles. The first-order valence-corrected chi connectivity index (χ1v) is 6.05. The SMILES string of the molecule is CN(CCC(O)C(C)(C)C)C(=O)OC(C)(C)C. The predicted octanol–water partition coefficient (Wildman–Crippen LogP) is 2.65. The molecule has 17 heavy (non-hydrogen) atoms. The lowest BCUT2D eigenvalue weighted by Crippen LogP contribution is -2.37. The van der Waals surface area contributed by atoms with Crippen LogP contribution in [0.15, 0.2) is 0 Å². The van der Waals surface area contributed by atoms with E-state index < -0.39 is 11.7 Å². The Labute approximate surface area is 105 Å². The Balaban J connectivity index is 4.11. The van der Waals surface area contributed by atoms with Crippen LogP contribution in [0.4, 0.5) is 4.79 Å². The molecule has 0 spiro atoms. The second kappa shape index (κ2) is 5.71. The molecular formula is C13H27NO3. The first kappa shape index (κ1) is 16.2. The minimum atomic E-state index is -0.478. The molecule has 4 heteroatoms. The highest BCUT2D eigenvalue weighted by Gasteiger charge is 2.24. The van der Waals surface area contributed by atoms with Crippen LogP contribution >= 0.6 is 0 Å². The van der Waals surface area contributed by atoms with Crippen LogP contribution in [-0.4, -0.2) is 41.4 Å². The summed E-state index contributed by atoms with van der Waals surface area (Å²) in [5, 5.41) is 9.87. The number of amides is 1. The van der Waals surface area contributed by atoms with Gasteiger partial charge in [-0.05, 0) is 32.6 Å². The van der Waals surface area contributed by atoms with Gasteiger partial charge in [0.05, 0.1) is 6.10 Å². The number of carbonyl (C=O) groups excluding carboxylic acids is 1. The molecule has 0 saturated heterocycles. The molecule has 1 amide bonds. The third kappa shape index (κ3) is 7.21. The van der Waals surface area contributed by atoms with Gasteiger partial charge >= 0.3 is 6.09 Å². The summed E-state index contributed by atoms with van der Waals surface area (Å²) >= 11 is 0. The van der Waals surface area contributed by atoms with Gasteiger partial charge in [-0.1, -0.05) is 20.8 Å². The van der Waals surface area contributed by atoms with Crippen molar-refractivity contribution in [2.45, 2.75) is 59.7 Å². The van der Waals surface area contributed by atoms with E-state index in [1.165, 1.54) is 4.90 Å². The molecular weight excluding hydrogens is 218 g/mol. The number of rotatable bonds is 3. The van der Waals surface area contributed by atoms with Crippen LogP contribution in [-0.2, 0) is 4.74 Å². The molecule has 0 aliphatic rings. The van der Waals surface area contributed by atoms with E-state index in [9.17, 15) is 9.90 Å². The third-order valence-corrected chi connectivity index (χ3v) is 2.44. The minimum absolute atomic E-state index is 0.158. The van der Waals surface area contributed by atoms with Crippen LogP contribution in [0.25, 0.3) is 0 Å². The van der Waals surface area contributed by atoms with E-state index in [4.69, 9.17) is 4.74 Å². The monoisotopic (exact) mass is 245 g/mol. The molecule has 0 aromatic carbocycles. The van der Waals surface area contributed by atoms with Crippen molar-refractivity contribution in [2.24, 2.45) is 5.41 Å². The van der Waals surface area contributed by atoms with Gasteiger partial charge in [0.2, 0.25) is 0 Å². The van der Waals surface area contributed by atoms with Crippen LogP contribution in [0.2, 0.25) is 0 Å². The molecule has 0 rings (SSSR count). The third-order valence-electron chi connectivity index (χ3n) is 2.44. The van der Waals surface area contributed by atoms with Crippen molar-refractivity contribution in [3.63, 3.8) is 0 Å². The molecule has 1 atom stereocenters. The van der Waals surface area contributed by atoms with Crippen LogP contribution in [0, 0.1) is 5.41 Å². The van der Waals surface area contributed by atoms with Crippen molar-refractivity contribution < 1.29 is 14.6 Å². The van der Waals surface area contributed by atoms with E-state index in [1.807, 2.05) is 41.5 Å². The molecule has 0 radical (unpaired) electrons. The molecule has 0 bridgehead atoms. The fourth-order valence-corrected chi connectivity index (χ4v) is 1.18. The maximum atomic E-state index is 11.6. The van der Waals surface area contributed by atoms with Gasteiger partial charge in [-0.3, -0.25) is 0 Å². The molecule has 4 nitrogen and oxygen atoms in total. The van der Waals surface area contributed by atoms with Gasteiger partial charge in [0.1, 0.15) is 5.60 Å². The van der Waals surface area contributed by atoms with Gasteiger partial charge < -0.3 is 14.7 Å². The molecule has 1 unspecified atom stereocenters. The van der Waals surface area contributed by atoms with Crippen molar-refractivity contribution in [3.05, 3.63) is 0 Å². The fourth-order valence-electron chi connectivity index (χ4n) is 1.18. The highest BCUT2D eigenvalue weighted by Crippen LogP contribution is 2.21. The van der Waals surface area contributed by atoms with E-state index >= 15 is 0 Å². The second-order valence-electron chi connectivity index (χ2n) is 6.57. The Morgan fingerprint density at radius 1 is 1.24 bits per heavy atom. The second-order valence-corrected chi connectivity index (χ2v) is 6.57. The average Bonchev–Trinajstić information content (AvgIpc) is 2.08. The summed E-state index contributed by atoms with van der Waals surface area (Å²) in [6.07, 6.45) is -0.217. The Bertz CT molecular complexity index is 250. The summed E-state index contributed by atoms with van der Waals surface area (Å²) in [4.78, 5) is 13.1. The van der Waals surface area contributed by atoms with Crippen LogP contribution in [0.3, 0.4) is 0 Å². The van der Waals surface area contributed by atoms with Gasteiger partial charge in [-0.25, -0.2) is 4.79 Å². The Kier molecular flexibility index (Phi) is 5.46. The molecule has 0 aromatic heterocycles. The lowest BCUT2D eigenvalue weighted by Gasteiger charge is -2.29. The van der Waals surface area contributed by atoms with Gasteiger partial charge in [0.15, 0.2) is 0 Å². The smallest absolute Gasteiger partial charge is 0.410 e. The van der Waals surface area contributed by atoms with E-state index in [-0.39, 0.29) is 11.5 Å². The maximum Gasteiger partial charge on any atom is 0.410 e. The number of ether oxygens (including phenoxy) is 1. The molecule has 1 N–H and O–H groups in total.